The summed E-state index contributed by atoms with van der Waals surface area (Å²) in [5, 5.41) is 63.1. The Labute approximate surface area is 432 Å². The fourth-order valence-electron chi connectivity index (χ4n) is 7.42. The van der Waals surface area contributed by atoms with Crippen LogP contribution < -0.4 is 29.6 Å². The number of carboxylic acids is 2. The summed E-state index contributed by atoms with van der Waals surface area (Å²) in [5.41, 5.74) is 9.35. The van der Waals surface area contributed by atoms with Crippen molar-refractivity contribution >= 4 is 43.8 Å². The van der Waals surface area contributed by atoms with Crippen LogP contribution in [0.5, 0.6) is 23.5 Å². The minimum atomic E-state index is -1.11. The van der Waals surface area contributed by atoms with Gasteiger partial charge in [-0.3, -0.25) is 19.6 Å². The van der Waals surface area contributed by atoms with Crippen LogP contribution in [0.3, 0.4) is 0 Å². The summed E-state index contributed by atoms with van der Waals surface area (Å²) in [5.74, 6) is -1.12. The minimum absolute atomic E-state index is 0.0325. The average molecular weight is 1110 g/mol. The molecule has 0 aliphatic carbocycles. The van der Waals surface area contributed by atoms with E-state index in [-0.39, 0.29) is 76.1 Å². The number of ether oxygens (including phenoxy) is 4. The molecule has 0 aliphatic heterocycles. The van der Waals surface area contributed by atoms with Gasteiger partial charge in [0.25, 0.3) is 0 Å². The molecule has 4 aromatic heterocycles. The van der Waals surface area contributed by atoms with Crippen molar-refractivity contribution in [2.75, 3.05) is 26.3 Å². The van der Waals surface area contributed by atoms with Gasteiger partial charge < -0.3 is 50.0 Å². The zero-order chi connectivity index (χ0) is 51.6. The number of nitrogens with zero attached hydrogens (tertiary/aromatic N) is 6. The Morgan fingerprint density at radius 3 is 1.42 bits per heavy atom. The molecular formula is C52H52Br2N8O10. The van der Waals surface area contributed by atoms with Crippen LogP contribution in [0.25, 0.3) is 11.1 Å². The third-order valence-electron chi connectivity index (χ3n) is 11.2. The topological polar surface area (TPSA) is 275 Å². The lowest BCUT2D eigenvalue weighted by atomic mass is 9.92. The molecule has 6 N–H and O–H groups in total. The number of halogens is 2. The molecule has 72 heavy (non-hydrogen) atoms. The molecule has 4 heterocycles. The predicted octanol–water partition coefficient (Wildman–Crippen LogP) is 7.07. The normalized spacial score (nSPS) is 11.8. The quantitative estimate of drug-likeness (QED) is 0.0301. The van der Waals surface area contributed by atoms with E-state index < -0.39 is 37.0 Å². The molecule has 0 radical (unpaired) electrons. The zero-order valence-electron chi connectivity index (χ0n) is 39.4. The van der Waals surface area contributed by atoms with Crippen molar-refractivity contribution in [3.8, 4) is 46.8 Å². The van der Waals surface area contributed by atoms with E-state index in [0.29, 0.717) is 55.4 Å². The molecule has 0 fully saturated rings. The first-order chi connectivity index (χ1) is 34.7. The van der Waals surface area contributed by atoms with Crippen LogP contribution in [-0.4, -0.2) is 90.8 Å². The summed E-state index contributed by atoms with van der Waals surface area (Å²) in [7, 11) is 0. The van der Waals surface area contributed by atoms with Gasteiger partial charge in [-0.15, -0.1) is 0 Å². The van der Waals surface area contributed by atoms with Gasteiger partial charge >= 0.3 is 11.9 Å². The molecule has 0 bridgehead atoms. The fourth-order valence-corrected chi connectivity index (χ4v) is 8.38. The van der Waals surface area contributed by atoms with Crippen molar-refractivity contribution in [1.29, 1.82) is 10.5 Å². The Morgan fingerprint density at radius 1 is 0.611 bits per heavy atom. The van der Waals surface area contributed by atoms with Crippen molar-refractivity contribution in [2.45, 2.75) is 78.0 Å². The van der Waals surface area contributed by atoms with Crippen molar-refractivity contribution in [2.24, 2.45) is 0 Å². The van der Waals surface area contributed by atoms with Crippen LogP contribution in [0.1, 0.15) is 68.7 Å². The van der Waals surface area contributed by atoms with E-state index in [4.69, 9.17) is 39.1 Å². The monoisotopic (exact) mass is 1110 g/mol. The first-order valence-corrected chi connectivity index (χ1v) is 24.3. The lowest BCUT2D eigenvalue weighted by Gasteiger charge is -2.18. The second-order valence-corrected chi connectivity index (χ2v) is 18.2. The standard InChI is InChI=1S/C52H52Br2N8O10/c1-31-35(29-71-51-45(53)19-37(25-57-27-41(63)21-47(65)66)49(61-51)69-15-11-39-17-33(23-55)9-13-59-39)5-3-7-43(31)44-8-4-6-36(32(44)2)30-72-52-46(54)20-38(26-58-28-42(64)22-48(67)68)50(62-52)70-16-12-40-18-34(24-56)10-14-60-40/h3-10,13-14,17-20,41-42,57-58,63-64H,11-12,15-16,21-22,25-30H2,1-2H3,(H,65,66)(H,67,68). The van der Waals surface area contributed by atoms with Crippen LogP contribution in [-0.2, 0) is 48.7 Å². The molecule has 0 amide bonds. The highest BCUT2D eigenvalue weighted by molar-refractivity contribution is 9.10. The molecule has 2 aromatic carbocycles. The van der Waals surface area contributed by atoms with Crippen molar-refractivity contribution in [1.82, 2.24) is 30.6 Å². The number of carbonyl (C=O) groups is 2. The predicted molar refractivity (Wildman–Crippen MR) is 270 cm³/mol. The van der Waals surface area contributed by atoms with Crippen LogP contribution >= 0.6 is 31.9 Å². The molecule has 2 unspecified atom stereocenters. The first-order valence-electron chi connectivity index (χ1n) is 22.7. The highest BCUT2D eigenvalue weighted by atomic mass is 79.9. The fraction of sp³-hybridized carbons (Fsp3) is 0.308. The van der Waals surface area contributed by atoms with Crippen molar-refractivity contribution in [3.63, 3.8) is 0 Å². The second kappa shape index (κ2) is 27.0. The van der Waals surface area contributed by atoms with Gasteiger partial charge in [0.05, 0.1) is 70.5 Å². The van der Waals surface area contributed by atoms with Gasteiger partial charge in [-0.25, -0.2) is 0 Å². The molecule has 0 spiro atoms. The number of benzene rings is 2. The summed E-state index contributed by atoms with van der Waals surface area (Å²) in [6.45, 7) is 5.24. The van der Waals surface area contributed by atoms with E-state index in [1.165, 1.54) is 0 Å². The van der Waals surface area contributed by atoms with E-state index in [1.807, 2.05) is 50.2 Å². The lowest BCUT2D eigenvalue weighted by molar-refractivity contribution is -0.140. The third kappa shape index (κ3) is 16.0. The Bertz CT molecular complexity index is 2750. The van der Waals surface area contributed by atoms with Crippen molar-refractivity contribution in [3.05, 3.63) is 150 Å². The maximum Gasteiger partial charge on any atom is 0.306 e. The molecule has 0 aliphatic rings. The zero-order valence-corrected chi connectivity index (χ0v) is 42.6. The lowest BCUT2D eigenvalue weighted by Crippen LogP contribution is -2.28. The van der Waals surface area contributed by atoms with E-state index in [1.54, 1.807) is 48.8 Å². The summed E-state index contributed by atoms with van der Waals surface area (Å²) in [6, 6.07) is 26.4. The Morgan fingerprint density at radius 2 is 1.03 bits per heavy atom. The maximum absolute atomic E-state index is 11.1. The summed E-state index contributed by atoms with van der Waals surface area (Å²) in [4.78, 5) is 40.3. The molecule has 2 atom stereocenters. The molecule has 0 saturated carbocycles. The molecule has 6 aromatic rings. The summed E-state index contributed by atoms with van der Waals surface area (Å²) >= 11 is 7.20. The number of aliphatic carboxylic acids is 2. The van der Waals surface area contributed by atoms with Gasteiger partial charge in [-0.1, -0.05) is 36.4 Å². The number of hydrogen-bond acceptors (Lipinski definition) is 16. The number of hydrogen-bond donors (Lipinski definition) is 6. The maximum atomic E-state index is 11.1. The first kappa shape index (κ1) is 54.3. The van der Waals surface area contributed by atoms with E-state index in [9.17, 15) is 30.3 Å². The van der Waals surface area contributed by atoms with Gasteiger partial charge in [0.2, 0.25) is 23.5 Å². The smallest absolute Gasteiger partial charge is 0.306 e. The number of nitriles is 2. The largest absolute Gasteiger partial charge is 0.481 e. The van der Waals surface area contributed by atoms with E-state index >= 15 is 0 Å². The number of pyridine rings is 4. The SMILES string of the molecule is Cc1c(COc2nc(OCCc3cc(C#N)ccn3)c(CNCC(O)CC(=O)O)cc2Br)cccc1-c1cccc(COc2nc(OCCc3cc(C#N)ccn3)c(CNCC(O)CC(=O)O)cc2Br)c1C. The number of aliphatic hydroxyl groups is 2. The molecule has 20 heteroatoms. The van der Waals surface area contributed by atoms with Gasteiger partial charge in [0.1, 0.15) is 13.2 Å². The van der Waals surface area contributed by atoms with E-state index in [0.717, 1.165) is 33.4 Å². The second-order valence-electron chi connectivity index (χ2n) is 16.5. The molecular weight excluding hydrogens is 1060 g/mol. The Hall–Kier alpha value is -7.04. The van der Waals surface area contributed by atoms with Gasteiger partial charge in [-0.2, -0.15) is 20.5 Å². The van der Waals surface area contributed by atoms with E-state index in [2.05, 4.69) is 64.6 Å². The third-order valence-corrected chi connectivity index (χ3v) is 12.3. The number of rotatable bonds is 27. The Balaban J connectivity index is 1.16. The molecule has 0 saturated heterocycles. The van der Waals surface area contributed by atoms with Crippen molar-refractivity contribution < 1.29 is 49.0 Å². The molecule has 6 rings (SSSR count). The highest BCUT2D eigenvalue weighted by Gasteiger charge is 2.19. The van der Waals surface area contributed by atoms with Gasteiger partial charge in [0, 0.05) is 73.9 Å². The number of aliphatic hydroxyl groups excluding tert-OH is 2. The Kier molecular flexibility index (Phi) is 20.3. The number of aromatic nitrogens is 4. The van der Waals surface area contributed by atoms with Gasteiger partial charge in [0.15, 0.2) is 0 Å². The minimum Gasteiger partial charge on any atom is -0.481 e. The average Bonchev–Trinajstić information content (AvgIpc) is 3.35. The van der Waals surface area contributed by atoms with Crippen LogP contribution in [0, 0.1) is 36.5 Å². The molecule has 18 nitrogen and oxygen atoms in total. The number of carboxylic acid groups (broad SMARTS) is 2. The summed E-state index contributed by atoms with van der Waals surface area (Å²) in [6.07, 6.45) is 0.950. The van der Waals surface area contributed by atoms with Crippen LogP contribution in [0.2, 0.25) is 0 Å². The highest BCUT2D eigenvalue weighted by Crippen LogP contribution is 2.35. The van der Waals surface area contributed by atoms with Crippen LogP contribution in [0.4, 0.5) is 0 Å². The molecule has 374 valence electrons. The van der Waals surface area contributed by atoms with Crippen LogP contribution in [0.15, 0.2) is 94.1 Å². The van der Waals surface area contributed by atoms with Gasteiger partial charge in [-0.05, 0) is 115 Å². The number of nitrogens with one attached hydrogen (secondary N) is 2. The summed E-state index contributed by atoms with van der Waals surface area (Å²) < 4.78 is 26.1.